The van der Waals surface area contributed by atoms with Crippen LogP contribution in [-0.2, 0) is 22.7 Å². The van der Waals surface area contributed by atoms with Crippen molar-refractivity contribution in [3.05, 3.63) is 71.0 Å². The molecule has 1 aliphatic heterocycles. The number of nitrogens with one attached hydrogen (secondary N) is 1. The lowest BCUT2D eigenvalue weighted by Crippen LogP contribution is -2.60. The normalized spacial score (nSPS) is 19.8. The van der Waals surface area contributed by atoms with Crippen LogP contribution in [0.1, 0.15) is 29.5 Å². The monoisotopic (exact) mass is 370 g/mol. The molecule has 2 aromatic rings. The molecule has 1 heterocycles. The third-order valence-electron chi connectivity index (χ3n) is 4.75. The van der Waals surface area contributed by atoms with Gasteiger partial charge in [0.1, 0.15) is 5.82 Å². The first kappa shape index (κ1) is 19.0. The zero-order valence-corrected chi connectivity index (χ0v) is 15.2. The predicted molar refractivity (Wildman–Crippen MR) is 99.0 cm³/mol. The van der Waals surface area contributed by atoms with Crippen LogP contribution in [0.5, 0.6) is 0 Å². The van der Waals surface area contributed by atoms with Gasteiger partial charge in [-0.2, -0.15) is 0 Å². The average molecular weight is 370 g/mol. The quantitative estimate of drug-likeness (QED) is 0.794. The Morgan fingerprint density at radius 3 is 2.67 bits per heavy atom. The van der Waals surface area contributed by atoms with Crippen LogP contribution < -0.4 is 5.32 Å². The fourth-order valence-corrected chi connectivity index (χ4v) is 3.40. The number of aryl methyl sites for hydroxylation is 1. The summed E-state index contributed by atoms with van der Waals surface area (Å²) in [5, 5.41) is 13.3. The van der Waals surface area contributed by atoms with Gasteiger partial charge in [-0.3, -0.25) is 9.59 Å². The maximum absolute atomic E-state index is 13.5. The van der Waals surface area contributed by atoms with Gasteiger partial charge >= 0.3 is 0 Å². The van der Waals surface area contributed by atoms with Crippen molar-refractivity contribution in [2.24, 2.45) is 0 Å². The van der Waals surface area contributed by atoms with Crippen molar-refractivity contribution in [3.63, 3.8) is 0 Å². The van der Waals surface area contributed by atoms with E-state index >= 15 is 0 Å². The number of benzene rings is 2. The van der Waals surface area contributed by atoms with Gasteiger partial charge in [0.25, 0.3) is 11.8 Å². The Morgan fingerprint density at radius 2 is 1.96 bits per heavy atom. The fraction of sp³-hybridized carbons (Fsp3) is 0.333. The van der Waals surface area contributed by atoms with Crippen LogP contribution in [0, 0.1) is 12.7 Å². The van der Waals surface area contributed by atoms with E-state index in [0.717, 1.165) is 11.1 Å². The van der Waals surface area contributed by atoms with E-state index in [0.29, 0.717) is 25.1 Å². The molecule has 0 spiro atoms. The molecule has 142 valence electrons. The standard InChI is InChI=1S/C21H23FN2O3/c1-15-10-17(12-18(22)11-15)13-23-19(25)21(27)8-5-9-24(20(21)26)14-16-6-3-2-4-7-16/h2-4,6-7,10-12,27H,5,8-9,13-14H2,1H3,(H,23,25)/t21-/m0/s1. The van der Waals surface area contributed by atoms with Crippen molar-refractivity contribution in [1.82, 2.24) is 10.2 Å². The van der Waals surface area contributed by atoms with E-state index in [9.17, 15) is 19.1 Å². The molecule has 27 heavy (non-hydrogen) atoms. The zero-order chi connectivity index (χ0) is 19.4. The molecule has 1 saturated heterocycles. The minimum absolute atomic E-state index is 0.0473. The molecule has 0 aliphatic carbocycles. The van der Waals surface area contributed by atoms with Crippen LogP contribution in [0.4, 0.5) is 4.39 Å². The number of hydrogen-bond acceptors (Lipinski definition) is 3. The largest absolute Gasteiger partial charge is 0.372 e. The van der Waals surface area contributed by atoms with Gasteiger partial charge in [0.15, 0.2) is 0 Å². The summed E-state index contributed by atoms with van der Waals surface area (Å²) in [6, 6.07) is 13.9. The van der Waals surface area contributed by atoms with E-state index in [-0.39, 0.29) is 18.8 Å². The van der Waals surface area contributed by atoms with Crippen molar-refractivity contribution in [3.8, 4) is 0 Å². The molecule has 3 rings (SSSR count). The highest BCUT2D eigenvalue weighted by molar-refractivity contribution is 6.08. The SMILES string of the molecule is Cc1cc(F)cc(CNC(=O)[C@@]2(O)CCCN(Cc3ccccc3)C2=O)c1. The Kier molecular flexibility index (Phi) is 5.56. The van der Waals surface area contributed by atoms with Gasteiger partial charge in [-0.05, 0) is 48.6 Å². The molecule has 5 nitrogen and oxygen atoms in total. The number of rotatable bonds is 5. The summed E-state index contributed by atoms with van der Waals surface area (Å²) in [5.74, 6) is -1.72. The summed E-state index contributed by atoms with van der Waals surface area (Å²) in [6.07, 6.45) is 0.604. The number of amides is 2. The van der Waals surface area contributed by atoms with E-state index in [4.69, 9.17) is 0 Å². The summed E-state index contributed by atoms with van der Waals surface area (Å²) in [5.41, 5.74) is 0.162. The minimum Gasteiger partial charge on any atom is -0.372 e. The van der Waals surface area contributed by atoms with Crippen molar-refractivity contribution >= 4 is 11.8 Å². The lowest BCUT2D eigenvalue weighted by molar-refractivity contribution is -0.166. The smallest absolute Gasteiger partial charge is 0.264 e. The number of halogens is 1. The van der Waals surface area contributed by atoms with Crippen LogP contribution in [0.25, 0.3) is 0 Å². The molecular weight excluding hydrogens is 347 g/mol. The van der Waals surface area contributed by atoms with Crippen LogP contribution in [-0.4, -0.2) is 34.0 Å². The summed E-state index contributed by atoms with van der Waals surface area (Å²) in [6.45, 7) is 2.64. The van der Waals surface area contributed by atoms with Crippen LogP contribution in [0.15, 0.2) is 48.5 Å². The van der Waals surface area contributed by atoms with Crippen LogP contribution in [0.3, 0.4) is 0 Å². The van der Waals surface area contributed by atoms with Gasteiger partial charge in [-0.15, -0.1) is 0 Å². The first-order valence-electron chi connectivity index (χ1n) is 8.98. The topological polar surface area (TPSA) is 69.6 Å². The first-order valence-corrected chi connectivity index (χ1v) is 8.98. The molecule has 0 aromatic heterocycles. The molecule has 1 aliphatic rings. The first-order chi connectivity index (χ1) is 12.9. The van der Waals surface area contributed by atoms with E-state index < -0.39 is 17.4 Å². The van der Waals surface area contributed by atoms with Crippen LogP contribution in [0.2, 0.25) is 0 Å². The van der Waals surface area contributed by atoms with Gasteiger partial charge in [0.2, 0.25) is 5.60 Å². The molecule has 0 radical (unpaired) electrons. The predicted octanol–water partition coefficient (Wildman–Crippen LogP) is 2.30. The summed E-state index contributed by atoms with van der Waals surface area (Å²) >= 11 is 0. The van der Waals surface area contributed by atoms with Crippen molar-refractivity contribution in [2.75, 3.05) is 6.54 Å². The van der Waals surface area contributed by atoms with Gasteiger partial charge in [-0.1, -0.05) is 36.4 Å². The second-order valence-electron chi connectivity index (χ2n) is 7.00. The highest BCUT2D eigenvalue weighted by Crippen LogP contribution is 2.25. The third kappa shape index (κ3) is 4.34. The molecular formula is C21H23FN2O3. The Morgan fingerprint density at radius 1 is 1.22 bits per heavy atom. The maximum atomic E-state index is 13.5. The Hall–Kier alpha value is -2.73. The molecule has 2 aromatic carbocycles. The average Bonchev–Trinajstić information content (AvgIpc) is 2.63. The second-order valence-corrected chi connectivity index (χ2v) is 7.00. The zero-order valence-electron chi connectivity index (χ0n) is 15.2. The number of aliphatic hydroxyl groups is 1. The van der Waals surface area contributed by atoms with E-state index in [1.54, 1.807) is 13.0 Å². The van der Waals surface area contributed by atoms with E-state index in [1.165, 1.54) is 17.0 Å². The van der Waals surface area contributed by atoms with Crippen LogP contribution >= 0.6 is 0 Å². The molecule has 0 unspecified atom stereocenters. The van der Waals surface area contributed by atoms with E-state index in [2.05, 4.69) is 5.32 Å². The lowest BCUT2D eigenvalue weighted by Gasteiger charge is -2.37. The third-order valence-corrected chi connectivity index (χ3v) is 4.75. The van der Waals surface area contributed by atoms with Gasteiger partial charge in [-0.25, -0.2) is 4.39 Å². The number of likely N-dealkylation sites (tertiary alicyclic amines) is 1. The van der Waals surface area contributed by atoms with Crippen molar-refractivity contribution in [1.29, 1.82) is 0 Å². The number of carbonyl (C=O) groups excluding carboxylic acids is 2. The summed E-state index contributed by atoms with van der Waals surface area (Å²) < 4.78 is 13.5. The molecule has 6 heteroatoms. The van der Waals surface area contributed by atoms with Crippen molar-refractivity contribution < 1.29 is 19.1 Å². The van der Waals surface area contributed by atoms with Gasteiger partial charge in [0.05, 0.1) is 0 Å². The molecule has 2 N–H and O–H groups in total. The number of carbonyl (C=O) groups is 2. The lowest BCUT2D eigenvalue weighted by atomic mass is 9.90. The molecule has 0 bridgehead atoms. The minimum atomic E-state index is -2.09. The summed E-state index contributed by atoms with van der Waals surface area (Å²) in [4.78, 5) is 26.8. The number of hydrogen-bond donors (Lipinski definition) is 2. The van der Waals surface area contributed by atoms with Gasteiger partial charge < -0.3 is 15.3 Å². The highest BCUT2D eigenvalue weighted by Gasteiger charge is 2.48. The number of piperidine rings is 1. The Bertz CT molecular complexity index is 820. The molecule has 0 saturated carbocycles. The molecule has 1 atom stereocenters. The maximum Gasteiger partial charge on any atom is 0.264 e. The fourth-order valence-electron chi connectivity index (χ4n) is 3.40. The second kappa shape index (κ2) is 7.88. The van der Waals surface area contributed by atoms with Crippen molar-refractivity contribution in [2.45, 2.75) is 38.5 Å². The molecule has 2 amide bonds. The Labute approximate surface area is 157 Å². The highest BCUT2D eigenvalue weighted by atomic mass is 19.1. The molecule has 1 fully saturated rings. The Balaban J connectivity index is 1.67. The van der Waals surface area contributed by atoms with E-state index in [1.807, 2.05) is 30.3 Å². The number of nitrogens with zero attached hydrogens (tertiary/aromatic N) is 1. The van der Waals surface area contributed by atoms with Gasteiger partial charge in [0, 0.05) is 19.6 Å². The summed E-state index contributed by atoms with van der Waals surface area (Å²) in [7, 11) is 0.